The fraction of sp³-hybridized carbons (Fsp3) is 0.208. The van der Waals surface area contributed by atoms with Crippen LogP contribution in [0.1, 0.15) is 30.5 Å². The molecule has 0 unspecified atom stereocenters. The number of thiocarbonyl (C=S) groups is 1. The Kier molecular flexibility index (Phi) is 5.62. The van der Waals surface area contributed by atoms with Crippen LogP contribution in [0.15, 0.2) is 59.6 Å². The molecular weight excluding hydrogens is 410 g/mol. The van der Waals surface area contributed by atoms with Crippen LogP contribution in [0.25, 0.3) is 23.0 Å². The Morgan fingerprint density at radius 1 is 1.10 bits per heavy atom. The summed E-state index contributed by atoms with van der Waals surface area (Å²) in [5.74, 6) is -0.0422. The third-order valence-electron chi connectivity index (χ3n) is 5.04. The highest BCUT2D eigenvalue weighted by molar-refractivity contribution is 8.26. The van der Waals surface area contributed by atoms with Crippen molar-refractivity contribution in [3.63, 3.8) is 0 Å². The van der Waals surface area contributed by atoms with Gasteiger partial charge in [0.15, 0.2) is 0 Å². The molecule has 0 N–H and O–H groups in total. The predicted octanol–water partition coefficient (Wildman–Crippen LogP) is 5.77. The summed E-state index contributed by atoms with van der Waals surface area (Å²) in [6, 6.07) is 16.4. The molecule has 1 amide bonds. The van der Waals surface area contributed by atoms with E-state index in [4.69, 9.17) is 17.3 Å². The lowest BCUT2D eigenvalue weighted by atomic mass is 10.0. The van der Waals surface area contributed by atoms with E-state index in [1.165, 1.54) is 17.3 Å². The molecule has 30 heavy (non-hydrogen) atoms. The van der Waals surface area contributed by atoms with Crippen molar-refractivity contribution in [2.75, 3.05) is 0 Å². The van der Waals surface area contributed by atoms with Gasteiger partial charge in [-0.15, -0.1) is 0 Å². The van der Waals surface area contributed by atoms with E-state index >= 15 is 0 Å². The van der Waals surface area contributed by atoms with Crippen molar-refractivity contribution in [3.8, 4) is 16.9 Å². The monoisotopic (exact) mass is 433 g/mol. The summed E-state index contributed by atoms with van der Waals surface area (Å²) >= 11 is 6.79. The Morgan fingerprint density at radius 2 is 1.83 bits per heavy atom. The van der Waals surface area contributed by atoms with Gasteiger partial charge in [-0.25, -0.2) is 4.68 Å². The van der Waals surface area contributed by atoms with Crippen molar-refractivity contribution < 1.29 is 4.79 Å². The van der Waals surface area contributed by atoms with Crippen LogP contribution in [0.2, 0.25) is 0 Å². The number of hydrogen-bond donors (Lipinski definition) is 0. The maximum absolute atomic E-state index is 12.9. The van der Waals surface area contributed by atoms with Crippen molar-refractivity contribution in [3.05, 3.63) is 76.3 Å². The lowest BCUT2D eigenvalue weighted by Crippen LogP contribution is -2.34. The molecule has 1 saturated heterocycles. The van der Waals surface area contributed by atoms with Gasteiger partial charge >= 0.3 is 0 Å². The van der Waals surface area contributed by atoms with Crippen LogP contribution >= 0.6 is 24.0 Å². The summed E-state index contributed by atoms with van der Waals surface area (Å²) in [6.45, 7) is 8.11. The summed E-state index contributed by atoms with van der Waals surface area (Å²) in [7, 11) is 0. The third kappa shape index (κ3) is 3.85. The molecule has 0 aliphatic carbocycles. The lowest BCUT2D eigenvalue weighted by Gasteiger charge is -2.18. The van der Waals surface area contributed by atoms with Gasteiger partial charge in [0.2, 0.25) is 0 Å². The molecule has 1 fully saturated rings. The highest BCUT2D eigenvalue weighted by atomic mass is 32.2. The largest absolute Gasteiger partial charge is 0.290 e. The third-order valence-corrected chi connectivity index (χ3v) is 6.37. The van der Waals surface area contributed by atoms with Crippen LogP contribution in [0.3, 0.4) is 0 Å². The molecule has 4 nitrogen and oxygen atoms in total. The standard InChI is InChI=1S/C24H23N3OS2/c1-15(2)27-23(28)21(30-24(27)29)13-18-14-26(19-8-6-5-7-9-19)25-22(18)20-12-16(3)10-11-17(20)4/h5-15H,1-4H3. The molecule has 0 bridgehead atoms. The number of thioether (sulfide) groups is 1. The lowest BCUT2D eigenvalue weighted by molar-refractivity contribution is -0.123. The predicted molar refractivity (Wildman–Crippen MR) is 129 cm³/mol. The Bertz CT molecular complexity index is 1160. The zero-order chi connectivity index (χ0) is 21.4. The average molecular weight is 434 g/mol. The van der Waals surface area contributed by atoms with Gasteiger partial charge in [-0.05, 0) is 57.5 Å². The Balaban J connectivity index is 1.87. The topological polar surface area (TPSA) is 38.1 Å². The SMILES string of the molecule is Cc1ccc(C)c(-c2nn(-c3ccccc3)cc2C=C2SC(=S)N(C(C)C)C2=O)c1. The average Bonchev–Trinajstić information content (AvgIpc) is 3.25. The molecule has 2 aromatic carbocycles. The highest BCUT2D eigenvalue weighted by Crippen LogP contribution is 2.36. The molecule has 0 atom stereocenters. The second-order valence-electron chi connectivity index (χ2n) is 7.68. The Hall–Kier alpha value is -2.70. The van der Waals surface area contributed by atoms with Crippen LogP contribution < -0.4 is 0 Å². The summed E-state index contributed by atoms with van der Waals surface area (Å²) in [6.07, 6.45) is 3.90. The fourth-order valence-electron chi connectivity index (χ4n) is 3.47. The normalized spacial score (nSPS) is 15.6. The number of carbonyl (C=O) groups excluding carboxylic acids is 1. The highest BCUT2D eigenvalue weighted by Gasteiger charge is 2.34. The number of para-hydroxylation sites is 1. The van der Waals surface area contributed by atoms with E-state index in [2.05, 4.69) is 32.0 Å². The Morgan fingerprint density at radius 3 is 2.50 bits per heavy atom. The minimum atomic E-state index is -0.0422. The van der Waals surface area contributed by atoms with Crippen LogP contribution in [-0.4, -0.2) is 30.9 Å². The number of aromatic nitrogens is 2. The number of amides is 1. The van der Waals surface area contributed by atoms with Crippen molar-refractivity contribution >= 4 is 40.3 Å². The minimum Gasteiger partial charge on any atom is -0.290 e. The van der Waals surface area contributed by atoms with E-state index in [0.717, 1.165) is 28.1 Å². The van der Waals surface area contributed by atoms with Gasteiger partial charge in [-0.3, -0.25) is 9.69 Å². The van der Waals surface area contributed by atoms with E-state index in [1.54, 1.807) is 4.90 Å². The van der Waals surface area contributed by atoms with Gasteiger partial charge in [0.1, 0.15) is 10.0 Å². The van der Waals surface area contributed by atoms with Gasteiger partial charge in [-0.2, -0.15) is 5.10 Å². The molecule has 4 rings (SSSR count). The van der Waals surface area contributed by atoms with Crippen molar-refractivity contribution in [1.82, 2.24) is 14.7 Å². The van der Waals surface area contributed by atoms with Crippen LogP contribution in [0.4, 0.5) is 0 Å². The number of carbonyl (C=O) groups is 1. The first-order chi connectivity index (χ1) is 14.3. The molecule has 0 saturated carbocycles. The van der Waals surface area contributed by atoms with E-state index in [1.807, 2.05) is 61.1 Å². The van der Waals surface area contributed by atoms with Gasteiger partial charge in [0.25, 0.3) is 5.91 Å². The molecule has 3 aromatic rings. The smallest absolute Gasteiger partial charge is 0.266 e. The molecule has 0 spiro atoms. The summed E-state index contributed by atoms with van der Waals surface area (Å²) < 4.78 is 2.47. The molecule has 1 aliphatic heterocycles. The quantitative estimate of drug-likeness (QED) is 0.387. The second kappa shape index (κ2) is 8.20. The zero-order valence-corrected chi connectivity index (χ0v) is 19.1. The van der Waals surface area contributed by atoms with E-state index < -0.39 is 0 Å². The minimum absolute atomic E-state index is 0.0360. The van der Waals surface area contributed by atoms with Crippen molar-refractivity contribution in [2.24, 2.45) is 0 Å². The van der Waals surface area contributed by atoms with Crippen molar-refractivity contribution in [2.45, 2.75) is 33.7 Å². The molecule has 0 radical (unpaired) electrons. The van der Waals surface area contributed by atoms with E-state index in [0.29, 0.717) is 9.23 Å². The summed E-state index contributed by atoms with van der Waals surface area (Å²) in [4.78, 5) is 15.2. The second-order valence-corrected chi connectivity index (χ2v) is 9.35. The number of aryl methyl sites for hydroxylation is 2. The number of hydrogen-bond acceptors (Lipinski definition) is 4. The number of nitrogens with zero attached hydrogens (tertiary/aromatic N) is 3. The maximum Gasteiger partial charge on any atom is 0.266 e. The maximum atomic E-state index is 12.9. The van der Waals surface area contributed by atoms with E-state index in [9.17, 15) is 4.79 Å². The van der Waals surface area contributed by atoms with Crippen LogP contribution in [-0.2, 0) is 4.79 Å². The molecule has 6 heteroatoms. The summed E-state index contributed by atoms with van der Waals surface area (Å²) in [5.41, 5.74) is 6.10. The van der Waals surface area contributed by atoms with Crippen LogP contribution in [0.5, 0.6) is 0 Å². The number of benzene rings is 2. The molecule has 1 aromatic heterocycles. The van der Waals surface area contributed by atoms with Crippen LogP contribution in [0, 0.1) is 13.8 Å². The summed E-state index contributed by atoms with van der Waals surface area (Å²) in [5, 5.41) is 4.90. The number of rotatable bonds is 4. The molecule has 1 aliphatic rings. The van der Waals surface area contributed by atoms with Gasteiger partial charge in [0.05, 0.1) is 10.6 Å². The molecule has 2 heterocycles. The van der Waals surface area contributed by atoms with Gasteiger partial charge in [-0.1, -0.05) is 59.9 Å². The van der Waals surface area contributed by atoms with Crippen molar-refractivity contribution in [1.29, 1.82) is 0 Å². The molecule has 152 valence electrons. The first-order valence-electron chi connectivity index (χ1n) is 9.85. The fourth-order valence-corrected chi connectivity index (χ4v) is 4.99. The molecular formula is C24H23N3OS2. The first kappa shape index (κ1) is 20.6. The Labute approximate surface area is 186 Å². The van der Waals surface area contributed by atoms with Gasteiger partial charge < -0.3 is 0 Å². The van der Waals surface area contributed by atoms with E-state index in [-0.39, 0.29) is 11.9 Å². The zero-order valence-electron chi connectivity index (χ0n) is 17.4. The first-order valence-corrected chi connectivity index (χ1v) is 11.1. The van der Waals surface area contributed by atoms with Gasteiger partial charge in [0, 0.05) is 23.4 Å².